The molecule has 1 aromatic heterocycles. The van der Waals surface area contributed by atoms with E-state index in [0.29, 0.717) is 5.69 Å². The lowest BCUT2D eigenvalue weighted by Gasteiger charge is -1.98. The molecule has 1 aromatic rings. The Morgan fingerprint density at radius 1 is 1.64 bits per heavy atom. The van der Waals surface area contributed by atoms with Gasteiger partial charge in [0.15, 0.2) is 0 Å². The maximum absolute atomic E-state index is 10.6. The number of hydrogen-bond acceptors (Lipinski definition) is 2. The first kappa shape index (κ1) is 8.62. The monoisotopic (exact) mass is 193 g/mol. The van der Waals surface area contributed by atoms with Gasteiger partial charge in [0.1, 0.15) is 5.75 Å². The van der Waals surface area contributed by atoms with Crippen molar-refractivity contribution in [3.05, 3.63) is 24.0 Å². The largest absolute Gasteiger partial charge is 0.353 e. The van der Waals surface area contributed by atoms with Gasteiger partial charge in [-0.3, -0.25) is 0 Å². The molecule has 1 rings (SSSR count). The molecule has 0 spiro atoms. The van der Waals surface area contributed by atoms with Crippen molar-refractivity contribution in [3.8, 4) is 0 Å². The second-order valence-corrected chi connectivity index (χ2v) is 5.07. The van der Waals surface area contributed by atoms with Gasteiger partial charge in [-0.2, -0.15) is 0 Å². The minimum atomic E-state index is -3.42. The summed E-state index contributed by atoms with van der Waals surface area (Å²) >= 11 is 0. The van der Waals surface area contributed by atoms with Gasteiger partial charge >= 0.3 is 0 Å². The van der Waals surface area contributed by atoms with Crippen molar-refractivity contribution in [1.82, 2.24) is 4.57 Å². The molecular weight excluding hydrogens is 186 g/mol. The van der Waals surface area contributed by atoms with Gasteiger partial charge in [-0.1, -0.05) is 0 Å². The van der Waals surface area contributed by atoms with Crippen molar-refractivity contribution in [2.45, 2.75) is 5.75 Å². The first-order valence-electron chi connectivity index (χ1n) is 3.01. The summed E-state index contributed by atoms with van der Waals surface area (Å²) in [5, 5.41) is 0. The van der Waals surface area contributed by atoms with E-state index in [1.165, 1.54) is 0 Å². The van der Waals surface area contributed by atoms with Crippen LogP contribution in [0.15, 0.2) is 18.3 Å². The average Bonchev–Trinajstić information content (AvgIpc) is 2.12. The number of halogens is 1. The fraction of sp³-hybridized carbons (Fsp3) is 0.333. The van der Waals surface area contributed by atoms with E-state index in [1.54, 1.807) is 29.9 Å². The highest BCUT2D eigenvalue weighted by molar-refractivity contribution is 8.13. The van der Waals surface area contributed by atoms with Crippen molar-refractivity contribution in [3.63, 3.8) is 0 Å². The number of rotatable bonds is 2. The normalized spacial score (nSPS) is 11.8. The summed E-state index contributed by atoms with van der Waals surface area (Å²) in [6.45, 7) is 0. The minimum Gasteiger partial charge on any atom is -0.353 e. The summed E-state index contributed by atoms with van der Waals surface area (Å²) in [7, 11) is 3.41. The van der Waals surface area contributed by atoms with E-state index in [1.807, 2.05) is 0 Å². The summed E-state index contributed by atoms with van der Waals surface area (Å²) in [5.41, 5.74) is 0.694. The molecule has 0 unspecified atom stereocenters. The number of nitrogens with zero attached hydrogens (tertiary/aromatic N) is 1. The van der Waals surface area contributed by atoms with Crippen LogP contribution in [0.5, 0.6) is 0 Å². The highest BCUT2D eigenvalue weighted by Gasteiger charge is 2.08. The Balaban J connectivity index is 2.89. The molecule has 0 aromatic carbocycles. The number of aromatic nitrogens is 1. The molecule has 0 aliphatic heterocycles. The third-order valence-electron chi connectivity index (χ3n) is 1.37. The second kappa shape index (κ2) is 2.87. The lowest BCUT2D eigenvalue weighted by molar-refractivity contribution is 0.607. The molecule has 1 heterocycles. The lowest BCUT2D eigenvalue weighted by Crippen LogP contribution is -2.00. The molecule has 11 heavy (non-hydrogen) atoms. The first-order chi connectivity index (χ1) is 4.99. The van der Waals surface area contributed by atoms with Gasteiger partial charge in [0.25, 0.3) is 0 Å². The SMILES string of the molecule is Cn1cccc1CS(=O)(=O)Cl. The van der Waals surface area contributed by atoms with Gasteiger partial charge < -0.3 is 4.57 Å². The molecule has 0 amide bonds. The average molecular weight is 194 g/mol. The molecule has 0 atom stereocenters. The molecule has 5 heteroatoms. The van der Waals surface area contributed by atoms with Crippen molar-refractivity contribution in [2.24, 2.45) is 7.05 Å². The van der Waals surface area contributed by atoms with E-state index in [2.05, 4.69) is 0 Å². The standard InChI is InChI=1S/C6H8ClNO2S/c1-8-4-2-3-6(8)5-11(7,9)10/h2-4H,5H2,1H3. The number of aryl methyl sites for hydroxylation is 1. The Morgan fingerprint density at radius 2 is 2.27 bits per heavy atom. The van der Waals surface area contributed by atoms with Gasteiger partial charge in [0.05, 0.1) is 0 Å². The molecule has 0 bridgehead atoms. The van der Waals surface area contributed by atoms with Gasteiger partial charge in [-0.25, -0.2) is 8.42 Å². The molecule has 3 nitrogen and oxygen atoms in total. The van der Waals surface area contributed by atoms with Crippen LogP contribution in [0.3, 0.4) is 0 Å². The van der Waals surface area contributed by atoms with Gasteiger partial charge in [-0.15, -0.1) is 0 Å². The Labute approximate surface area is 70.0 Å². The lowest BCUT2D eigenvalue weighted by atomic mass is 10.5. The highest BCUT2D eigenvalue weighted by Crippen LogP contribution is 2.08. The van der Waals surface area contributed by atoms with Gasteiger partial charge in [0, 0.05) is 29.6 Å². The zero-order chi connectivity index (χ0) is 8.48. The van der Waals surface area contributed by atoms with Crippen LogP contribution in [0.4, 0.5) is 0 Å². The van der Waals surface area contributed by atoms with Crippen molar-refractivity contribution >= 4 is 19.7 Å². The van der Waals surface area contributed by atoms with Gasteiger partial charge in [-0.05, 0) is 12.1 Å². The third-order valence-corrected chi connectivity index (χ3v) is 2.34. The summed E-state index contributed by atoms with van der Waals surface area (Å²) in [4.78, 5) is 0. The predicted octanol–water partition coefficient (Wildman–Crippen LogP) is 1.09. The van der Waals surface area contributed by atoms with Crippen LogP contribution in [-0.4, -0.2) is 13.0 Å². The molecular formula is C6H8ClNO2S. The van der Waals surface area contributed by atoms with E-state index in [0.717, 1.165) is 0 Å². The van der Waals surface area contributed by atoms with Crippen molar-refractivity contribution in [1.29, 1.82) is 0 Å². The maximum Gasteiger partial charge on any atom is 0.238 e. The van der Waals surface area contributed by atoms with Crippen LogP contribution in [0, 0.1) is 0 Å². The third kappa shape index (κ3) is 2.55. The van der Waals surface area contributed by atoms with E-state index >= 15 is 0 Å². The van der Waals surface area contributed by atoms with Crippen LogP contribution < -0.4 is 0 Å². The molecule has 0 aliphatic rings. The quantitative estimate of drug-likeness (QED) is 0.660. The second-order valence-electron chi connectivity index (χ2n) is 2.29. The van der Waals surface area contributed by atoms with Crippen LogP contribution in [0.1, 0.15) is 5.69 Å². The van der Waals surface area contributed by atoms with Crippen LogP contribution in [-0.2, 0) is 21.9 Å². The zero-order valence-corrected chi connectivity index (χ0v) is 7.56. The highest BCUT2D eigenvalue weighted by atomic mass is 35.7. The maximum atomic E-state index is 10.6. The Morgan fingerprint density at radius 3 is 2.64 bits per heavy atom. The van der Waals surface area contributed by atoms with Crippen LogP contribution in [0.25, 0.3) is 0 Å². The Bertz CT molecular complexity index is 341. The fourth-order valence-electron chi connectivity index (χ4n) is 0.823. The summed E-state index contributed by atoms with van der Waals surface area (Å²) < 4.78 is 22.9. The summed E-state index contributed by atoms with van der Waals surface area (Å²) in [6, 6.07) is 3.50. The molecule has 0 N–H and O–H groups in total. The summed E-state index contributed by atoms with van der Waals surface area (Å²) in [6.07, 6.45) is 1.78. The Kier molecular flexibility index (Phi) is 2.25. The zero-order valence-electron chi connectivity index (χ0n) is 5.99. The fourth-order valence-corrected chi connectivity index (χ4v) is 1.81. The van der Waals surface area contributed by atoms with E-state index in [4.69, 9.17) is 10.7 Å². The molecule has 0 aliphatic carbocycles. The smallest absolute Gasteiger partial charge is 0.238 e. The topological polar surface area (TPSA) is 39.1 Å². The Hall–Kier alpha value is -0.480. The van der Waals surface area contributed by atoms with Crippen LogP contribution in [0.2, 0.25) is 0 Å². The molecule has 0 saturated heterocycles. The van der Waals surface area contributed by atoms with E-state index in [-0.39, 0.29) is 5.75 Å². The molecule has 0 saturated carbocycles. The summed E-state index contributed by atoms with van der Waals surface area (Å²) in [5.74, 6) is -0.113. The predicted molar refractivity (Wildman–Crippen MR) is 43.9 cm³/mol. The van der Waals surface area contributed by atoms with Crippen LogP contribution >= 0.6 is 10.7 Å². The van der Waals surface area contributed by atoms with E-state index in [9.17, 15) is 8.42 Å². The van der Waals surface area contributed by atoms with E-state index < -0.39 is 9.05 Å². The van der Waals surface area contributed by atoms with Gasteiger partial charge in [0.2, 0.25) is 9.05 Å². The van der Waals surface area contributed by atoms with Crippen molar-refractivity contribution in [2.75, 3.05) is 0 Å². The first-order valence-corrected chi connectivity index (χ1v) is 5.49. The minimum absolute atomic E-state index is 0.113. The molecule has 0 radical (unpaired) electrons. The number of hydrogen-bond donors (Lipinski definition) is 0. The van der Waals surface area contributed by atoms with Crippen molar-refractivity contribution < 1.29 is 8.42 Å². The molecule has 62 valence electrons. The molecule has 0 fully saturated rings.